The fourth-order valence-corrected chi connectivity index (χ4v) is 2.75. The van der Waals surface area contributed by atoms with Crippen LogP contribution in [0.4, 0.5) is 0 Å². The van der Waals surface area contributed by atoms with E-state index in [9.17, 15) is 0 Å². The summed E-state index contributed by atoms with van der Waals surface area (Å²) in [5.74, 6) is 2.59. The van der Waals surface area contributed by atoms with Crippen molar-refractivity contribution in [2.45, 2.75) is 38.9 Å². The van der Waals surface area contributed by atoms with E-state index in [0.29, 0.717) is 0 Å². The third-order valence-corrected chi connectivity index (χ3v) is 4.85. The van der Waals surface area contributed by atoms with Gasteiger partial charge in [-0.25, -0.2) is 0 Å². The highest BCUT2D eigenvalue weighted by Crippen LogP contribution is 2.22. The number of piperidine rings is 1. The molecule has 0 spiro atoms. The summed E-state index contributed by atoms with van der Waals surface area (Å²) in [6.07, 6.45) is 3.50. The number of rotatable bonds is 3. The van der Waals surface area contributed by atoms with Gasteiger partial charge in [0.15, 0.2) is 5.96 Å². The standard InChI is InChI=1S/C14H29N3S.HI/c1-11-7-12(2)9-17(8-11)13(15-5)16-10-14(3,4)18-6;/h11-12H,7-10H2,1-6H3,(H,15,16);1H. The van der Waals surface area contributed by atoms with E-state index in [1.807, 2.05) is 18.8 Å². The van der Waals surface area contributed by atoms with Crippen molar-refractivity contribution in [3.63, 3.8) is 0 Å². The van der Waals surface area contributed by atoms with Crippen molar-refractivity contribution in [3.8, 4) is 0 Å². The molecular weight excluding hydrogens is 369 g/mol. The first-order chi connectivity index (χ1) is 8.38. The lowest BCUT2D eigenvalue weighted by Crippen LogP contribution is -2.50. The van der Waals surface area contributed by atoms with Gasteiger partial charge < -0.3 is 10.2 Å². The van der Waals surface area contributed by atoms with Crippen LogP contribution in [0.15, 0.2) is 4.99 Å². The van der Waals surface area contributed by atoms with Crippen molar-refractivity contribution in [3.05, 3.63) is 0 Å². The smallest absolute Gasteiger partial charge is 0.193 e. The van der Waals surface area contributed by atoms with Gasteiger partial charge in [-0.15, -0.1) is 24.0 Å². The second kappa shape index (κ2) is 8.60. The van der Waals surface area contributed by atoms with Crippen LogP contribution in [-0.4, -0.2) is 48.5 Å². The maximum Gasteiger partial charge on any atom is 0.193 e. The molecule has 1 heterocycles. The van der Waals surface area contributed by atoms with Crippen LogP contribution in [0.5, 0.6) is 0 Å². The lowest BCUT2D eigenvalue weighted by atomic mass is 9.92. The molecule has 1 saturated heterocycles. The summed E-state index contributed by atoms with van der Waals surface area (Å²) >= 11 is 1.89. The van der Waals surface area contributed by atoms with Crippen molar-refractivity contribution in [2.75, 3.05) is 32.9 Å². The monoisotopic (exact) mass is 399 g/mol. The SMILES string of the molecule is CN=C(NCC(C)(C)SC)N1CC(C)CC(C)C1.I. The molecule has 1 fully saturated rings. The molecule has 19 heavy (non-hydrogen) atoms. The molecule has 0 aromatic heterocycles. The van der Waals surface area contributed by atoms with Gasteiger partial charge in [0.2, 0.25) is 0 Å². The van der Waals surface area contributed by atoms with E-state index in [0.717, 1.165) is 37.4 Å². The average Bonchev–Trinajstić information content (AvgIpc) is 2.28. The molecule has 0 bridgehead atoms. The first-order valence-electron chi connectivity index (χ1n) is 6.88. The van der Waals surface area contributed by atoms with Crippen molar-refractivity contribution in [2.24, 2.45) is 16.8 Å². The summed E-state index contributed by atoms with van der Waals surface area (Å²) in [5.41, 5.74) is 0. The number of aliphatic imine (C=N–C) groups is 1. The maximum absolute atomic E-state index is 4.44. The zero-order chi connectivity index (χ0) is 13.8. The summed E-state index contributed by atoms with van der Waals surface area (Å²) in [5, 5.41) is 3.53. The molecule has 1 aliphatic rings. The zero-order valence-electron chi connectivity index (χ0n) is 13.2. The third-order valence-electron chi connectivity index (χ3n) is 3.61. The first-order valence-corrected chi connectivity index (χ1v) is 8.11. The minimum atomic E-state index is 0. The molecule has 0 aliphatic carbocycles. The van der Waals surface area contributed by atoms with Crippen LogP contribution in [0, 0.1) is 11.8 Å². The molecular formula is C14H30IN3S. The fourth-order valence-electron chi connectivity index (χ4n) is 2.53. The maximum atomic E-state index is 4.44. The lowest BCUT2D eigenvalue weighted by molar-refractivity contribution is 0.208. The van der Waals surface area contributed by atoms with E-state index >= 15 is 0 Å². The van der Waals surface area contributed by atoms with E-state index in [4.69, 9.17) is 0 Å². The van der Waals surface area contributed by atoms with Crippen LogP contribution < -0.4 is 5.32 Å². The van der Waals surface area contributed by atoms with Crippen LogP contribution in [-0.2, 0) is 0 Å². The summed E-state index contributed by atoms with van der Waals surface area (Å²) < 4.78 is 0.253. The average molecular weight is 399 g/mol. The molecule has 0 saturated carbocycles. The van der Waals surface area contributed by atoms with Crippen molar-refractivity contribution < 1.29 is 0 Å². The quantitative estimate of drug-likeness (QED) is 0.448. The highest BCUT2D eigenvalue weighted by molar-refractivity contribution is 14.0. The molecule has 114 valence electrons. The van der Waals surface area contributed by atoms with Crippen LogP contribution in [0.1, 0.15) is 34.1 Å². The fraction of sp³-hybridized carbons (Fsp3) is 0.929. The van der Waals surface area contributed by atoms with Gasteiger partial charge in [-0.2, -0.15) is 11.8 Å². The Morgan fingerprint density at radius 1 is 1.32 bits per heavy atom. The Balaban J connectivity index is 0.00000324. The van der Waals surface area contributed by atoms with Gasteiger partial charge in [0.05, 0.1) is 0 Å². The van der Waals surface area contributed by atoms with Gasteiger partial charge in [0.1, 0.15) is 0 Å². The molecule has 1 aliphatic heterocycles. The highest BCUT2D eigenvalue weighted by atomic mass is 127. The van der Waals surface area contributed by atoms with Gasteiger partial charge in [0, 0.05) is 31.4 Å². The second-order valence-electron chi connectivity index (χ2n) is 6.22. The number of nitrogens with zero attached hydrogens (tertiary/aromatic N) is 2. The number of hydrogen-bond donors (Lipinski definition) is 1. The summed E-state index contributed by atoms with van der Waals surface area (Å²) in [6.45, 7) is 12.4. The highest BCUT2D eigenvalue weighted by Gasteiger charge is 2.25. The van der Waals surface area contributed by atoms with Gasteiger partial charge >= 0.3 is 0 Å². The minimum Gasteiger partial charge on any atom is -0.355 e. The van der Waals surface area contributed by atoms with Crippen LogP contribution in [0.25, 0.3) is 0 Å². The summed E-state index contributed by atoms with van der Waals surface area (Å²) in [7, 11) is 1.89. The van der Waals surface area contributed by atoms with Crippen molar-refractivity contribution in [1.29, 1.82) is 0 Å². The van der Waals surface area contributed by atoms with E-state index in [1.165, 1.54) is 6.42 Å². The van der Waals surface area contributed by atoms with Crippen LogP contribution in [0.2, 0.25) is 0 Å². The van der Waals surface area contributed by atoms with Gasteiger partial charge in [-0.3, -0.25) is 4.99 Å². The third kappa shape index (κ3) is 6.56. The Kier molecular flexibility index (Phi) is 8.75. The largest absolute Gasteiger partial charge is 0.355 e. The molecule has 3 nitrogen and oxygen atoms in total. The molecule has 5 heteroatoms. The van der Waals surface area contributed by atoms with Gasteiger partial charge in [-0.05, 0) is 38.4 Å². The Labute approximate surface area is 140 Å². The molecule has 0 aromatic rings. The van der Waals surface area contributed by atoms with E-state index in [-0.39, 0.29) is 28.7 Å². The Morgan fingerprint density at radius 3 is 2.26 bits per heavy atom. The van der Waals surface area contributed by atoms with Crippen LogP contribution >= 0.6 is 35.7 Å². The molecule has 1 N–H and O–H groups in total. The number of likely N-dealkylation sites (tertiary alicyclic amines) is 1. The molecule has 0 radical (unpaired) electrons. The van der Waals surface area contributed by atoms with Crippen molar-refractivity contribution >= 4 is 41.7 Å². The molecule has 2 unspecified atom stereocenters. The van der Waals surface area contributed by atoms with Crippen LogP contribution in [0.3, 0.4) is 0 Å². The number of hydrogen-bond acceptors (Lipinski definition) is 2. The van der Waals surface area contributed by atoms with Crippen molar-refractivity contribution in [1.82, 2.24) is 10.2 Å². The number of halogens is 1. The number of guanidine groups is 1. The normalized spacial score (nSPS) is 24.9. The zero-order valence-corrected chi connectivity index (χ0v) is 16.3. The Hall–Kier alpha value is 0.350. The molecule has 1 rings (SSSR count). The van der Waals surface area contributed by atoms with E-state index in [1.54, 1.807) is 0 Å². The predicted octanol–water partition coefficient (Wildman–Crippen LogP) is 3.30. The Bertz CT molecular complexity index is 284. The minimum absolute atomic E-state index is 0. The van der Waals surface area contributed by atoms with Gasteiger partial charge in [0.25, 0.3) is 0 Å². The second-order valence-corrected chi connectivity index (χ2v) is 7.73. The van der Waals surface area contributed by atoms with E-state index in [2.05, 4.69) is 49.2 Å². The molecule has 0 aromatic carbocycles. The van der Waals surface area contributed by atoms with E-state index < -0.39 is 0 Å². The predicted molar refractivity (Wildman–Crippen MR) is 98.9 cm³/mol. The molecule has 0 amide bonds. The summed E-state index contributed by atoms with van der Waals surface area (Å²) in [6, 6.07) is 0. The topological polar surface area (TPSA) is 27.6 Å². The number of thioether (sulfide) groups is 1. The lowest BCUT2D eigenvalue weighted by Gasteiger charge is -2.38. The number of nitrogens with one attached hydrogen (secondary N) is 1. The summed E-state index contributed by atoms with van der Waals surface area (Å²) in [4.78, 5) is 6.85. The molecule has 2 atom stereocenters. The first kappa shape index (κ1) is 19.4. The Morgan fingerprint density at radius 2 is 1.84 bits per heavy atom. The van der Waals surface area contributed by atoms with Gasteiger partial charge in [-0.1, -0.05) is 13.8 Å².